The average molecular weight is 652 g/mol. The van der Waals surface area contributed by atoms with Crippen molar-refractivity contribution in [3.8, 4) is 0 Å². The molecule has 3 fully saturated rings. The van der Waals surface area contributed by atoms with Gasteiger partial charge in [-0.2, -0.15) is 25.1 Å². The molecule has 0 amide bonds. The van der Waals surface area contributed by atoms with Crippen molar-refractivity contribution >= 4 is 51.6 Å². The Bertz CT molecular complexity index is 1200. The molecule has 6 heteroatoms. The van der Waals surface area contributed by atoms with Crippen LogP contribution >= 0.6 is 17.0 Å². The van der Waals surface area contributed by atoms with Gasteiger partial charge in [0, 0.05) is 24.6 Å². The molecular formula is C36H45BrF2MgO2. The van der Waals surface area contributed by atoms with Crippen molar-refractivity contribution in [1.82, 2.24) is 0 Å². The number of fused-ring (bicyclic) bond motifs is 5. The molecule has 2 aromatic rings. The first-order valence-electron chi connectivity index (χ1n) is 15.0. The standard InChI is InChI=1S/C28H35FO2.C6H4F.C2H5.BrH.Mg/c1-27-15-13-21(30)17-19(27)6-9-22-23-10-11-25(28(23,2)16-14-24(22)27)26(31)12-5-18-3-7-20(29)8-4-18;7-6-4-2-1-3-5-6;1-2;;/h3-4,7-8,17,22-25H,5-6,9-16H2,1-2H3;2-5H;1H2,2H3;1H;/q;2*-1;;+2/t22-,23-,24-,25+,27-,28-;;;;/m0..../s1. The van der Waals surface area contributed by atoms with Gasteiger partial charge in [-0.25, -0.2) is 8.78 Å². The van der Waals surface area contributed by atoms with Gasteiger partial charge < -0.3 is 6.92 Å². The first-order valence-corrected chi connectivity index (χ1v) is 15.0. The summed E-state index contributed by atoms with van der Waals surface area (Å²) in [5.41, 5.74) is 2.79. The predicted octanol–water partition coefficient (Wildman–Crippen LogP) is 9.14. The van der Waals surface area contributed by atoms with Crippen molar-refractivity contribution in [3.05, 3.63) is 90.4 Å². The second-order valence-corrected chi connectivity index (χ2v) is 12.5. The second kappa shape index (κ2) is 16.1. The minimum absolute atomic E-state index is 0. The number of hydrogen-bond acceptors (Lipinski definition) is 2. The number of rotatable bonds is 4. The van der Waals surface area contributed by atoms with Crippen molar-refractivity contribution < 1.29 is 18.4 Å². The Balaban J connectivity index is 0.000000488. The van der Waals surface area contributed by atoms with Crippen LogP contribution in [0.2, 0.25) is 0 Å². The fourth-order valence-electron chi connectivity index (χ4n) is 8.55. The molecule has 42 heavy (non-hydrogen) atoms. The number of halogens is 3. The number of carbonyl (C=O) groups excluding carboxylic acids is 2. The van der Waals surface area contributed by atoms with Crippen molar-refractivity contribution in [2.24, 2.45) is 34.5 Å². The molecule has 4 aliphatic rings. The molecule has 224 valence electrons. The number of hydrogen-bond donors (Lipinski definition) is 0. The normalized spacial score (nSPS) is 30.6. The quantitative estimate of drug-likeness (QED) is 0.244. The van der Waals surface area contributed by atoms with Gasteiger partial charge in [0.15, 0.2) is 5.78 Å². The van der Waals surface area contributed by atoms with E-state index in [1.807, 2.05) is 6.08 Å². The number of benzene rings is 2. The van der Waals surface area contributed by atoms with Gasteiger partial charge in [-0.15, -0.1) is 29.1 Å². The van der Waals surface area contributed by atoms with Crippen molar-refractivity contribution in [2.75, 3.05) is 0 Å². The summed E-state index contributed by atoms with van der Waals surface area (Å²) in [5.74, 6) is 2.49. The van der Waals surface area contributed by atoms with E-state index in [1.165, 1.54) is 61.2 Å². The molecule has 0 aliphatic heterocycles. The minimum atomic E-state index is -0.223. The summed E-state index contributed by atoms with van der Waals surface area (Å²) in [4.78, 5) is 25.3. The van der Waals surface area contributed by atoms with Gasteiger partial charge in [0.1, 0.15) is 11.6 Å². The Morgan fingerprint density at radius 3 is 2.17 bits per heavy atom. The number of aryl methyl sites for hydroxylation is 1. The number of ketones is 2. The van der Waals surface area contributed by atoms with Crippen LogP contribution in [0.1, 0.15) is 84.1 Å². The summed E-state index contributed by atoms with van der Waals surface area (Å²) in [6.07, 6.45) is 11.8. The van der Waals surface area contributed by atoms with Crippen LogP contribution in [-0.4, -0.2) is 34.6 Å². The molecule has 0 radical (unpaired) electrons. The Labute approximate surface area is 278 Å². The van der Waals surface area contributed by atoms with E-state index in [-0.39, 0.29) is 68.4 Å². The summed E-state index contributed by atoms with van der Waals surface area (Å²) >= 11 is 0. The molecular weight excluding hydrogens is 607 g/mol. The summed E-state index contributed by atoms with van der Waals surface area (Å²) in [6, 6.07) is 15.1. The van der Waals surface area contributed by atoms with E-state index in [9.17, 15) is 18.4 Å². The molecule has 0 N–H and O–H groups in total. The van der Waals surface area contributed by atoms with Gasteiger partial charge in [0.25, 0.3) is 0 Å². The summed E-state index contributed by atoms with van der Waals surface area (Å²) in [5, 5.41) is 0. The van der Waals surface area contributed by atoms with Crippen molar-refractivity contribution in [2.45, 2.75) is 85.0 Å². The van der Waals surface area contributed by atoms with Gasteiger partial charge >= 0.3 is 23.1 Å². The first-order chi connectivity index (χ1) is 19.2. The molecule has 0 bridgehead atoms. The average Bonchev–Trinajstić information content (AvgIpc) is 3.32. The van der Waals surface area contributed by atoms with Crippen LogP contribution < -0.4 is 0 Å². The summed E-state index contributed by atoms with van der Waals surface area (Å²) < 4.78 is 25.1. The Morgan fingerprint density at radius 2 is 1.55 bits per heavy atom. The van der Waals surface area contributed by atoms with Crippen LogP contribution in [0, 0.1) is 59.1 Å². The van der Waals surface area contributed by atoms with E-state index in [4.69, 9.17) is 0 Å². The van der Waals surface area contributed by atoms with E-state index in [2.05, 4.69) is 26.8 Å². The maximum Gasteiger partial charge on any atom is 2.00 e. The molecule has 0 aromatic heterocycles. The molecule has 6 rings (SSSR count). The SMILES string of the molecule is Br.C[C@]12CC[C@H]3[C@@H](CCC4=CC(=O)CC[C@@]43C)[C@@H]1CC[C@@H]2C(=O)CCc1ccc(F)cc1.Fc1cc[c-]cc1.[CH2-]C.[Mg+2]. The van der Waals surface area contributed by atoms with E-state index < -0.39 is 0 Å². The maximum atomic E-state index is 13.3. The van der Waals surface area contributed by atoms with Crippen molar-refractivity contribution in [3.63, 3.8) is 0 Å². The van der Waals surface area contributed by atoms with E-state index >= 15 is 0 Å². The zero-order valence-electron chi connectivity index (χ0n) is 25.5. The fourth-order valence-corrected chi connectivity index (χ4v) is 8.55. The third-order valence-electron chi connectivity index (χ3n) is 10.6. The van der Waals surface area contributed by atoms with Crippen LogP contribution in [0.5, 0.6) is 0 Å². The van der Waals surface area contributed by atoms with Gasteiger partial charge in [0.2, 0.25) is 0 Å². The summed E-state index contributed by atoms with van der Waals surface area (Å²) in [7, 11) is 0. The van der Waals surface area contributed by atoms with E-state index in [0.717, 1.165) is 31.2 Å². The Kier molecular flexibility index (Phi) is 14.1. The maximum absolute atomic E-state index is 13.3. The number of Topliss-reactive ketones (excluding diaryl/α,β-unsaturated/α-hetero) is 1. The van der Waals surface area contributed by atoms with Gasteiger partial charge in [-0.3, -0.25) is 9.59 Å². The zero-order chi connectivity index (χ0) is 28.9. The van der Waals surface area contributed by atoms with Gasteiger partial charge in [-0.05, 0) is 104 Å². The van der Waals surface area contributed by atoms with Crippen LogP contribution in [0.4, 0.5) is 8.78 Å². The monoisotopic (exact) mass is 650 g/mol. The molecule has 2 aromatic carbocycles. The van der Waals surface area contributed by atoms with Crippen LogP contribution in [0.25, 0.3) is 0 Å². The third-order valence-corrected chi connectivity index (χ3v) is 10.6. The summed E-state index contributed by atoms with van der Waals surface area (Å²) in [6.45, 7) is 9.82. The number of allylic oxidation sites excluding steroid dienone is 1. The van der Waals surface area contributed by atoms with Crippen molar-refractivity contribution in [1.29, 1.82) is 0 Å². The van der Waals surface area contributed by atoms with E-state index in [0.29, 0.717) is 48.6 Å². The topological polar surface area (TPSA) is 34.1 Å². The largest absolute Gasteiger partial charge is 2.00 e. The van der Waals surface area contributed by atoms with Gasteiger partial charge in [0.05, 0.1) is 0 Å². The van der Waals surface area contributed by atoms with Crippen LogP contribution in [0.15, 0.2) is 60.2 Å². The molecule has 0 unspecified atom stereocenters. The van der Waals surface area contributed by atoms with Gasteiger partial charge in [-0.1, -0.05) is 31.6 Å². The molecule has 2 nitrogen and oxygen atoms in total. The number of carbonyl (C=O) groups is 2. The molecule has 6 atom stereocenters. The first kappa shape index (κ1) is 36.8. The van der Waals surface area contributed by atoms with Crippen LogP contribution in [0.3, 0.4) is 0 Å². The fraction of sp³-hybridized carbons (Fsp3) is 0.528. The zero-order valence-corrected chi connectivity index (χ0v) is 28.6. The predicted molar refractivity (Wildman–Crippen MR) is 172 cm³/mol. The molecule has 0 heterocycles. The minimum Gasteiger partial charge on any atom is -0.346 e. The van der Waals surface area contributed by atoms with Crippen LogP contribution in [-0.2, 0) is 16.0 Å². The Hall–Kier alpha value is -1.37. The Morgan fingerprint density at radius 1 is 0.905 bits per heavy atom. The molecule has 4 aliphatic carbocycles. The molecule has 0 saturated heterocycles. The smallest absolute Gasteiger partial charge is 0.346 e. The molecule has 0 spiro atoms. The molecule has 3 saturated carbocycles. The third kappa shape index (κ3) is 7.82. The van der Waals surface area contributed by atoms with E-state index in [1.54, 1.807) is 19.1 Å². The second-order valence-electron chi connectivity index (χ2n) is 12.5.